The first-order valence-electron chi connectivity index (χ1n) is 6.18. The number of nitrogens with zero attached hydrogens (tertiary/aromatic N) is 1. The van der Waals surface area contributed by atoms with Crippen molar-refractivity contribution in [2.45, 2.75) is 13.0 Å². The highest BCUT2D eigenvalue weighted by Gasteiger charge is 2.18. The Morgan fingerprint density at radius 2 is 2.17 bits per heavy atom. The highest BCUT2D eigenvalue weighted by atomic mass is 79.9. The maximum Gasteiger partial charge on any atom is 0.317 e. The predicted molar refractivity (Wildman–Crippen MR) is 75.5 cm³/mol. The molecule has 1 aromatic carbocycles. The number of hydrogen-bond acceptors (Lipinski definition) is 2. The van der Waals surface area contributed by atoms with Gasteiger partial charge in [-0.2, -0.15) is 0 Å². The number of carbonyl (C=O) groups excluding carboxylic acids is 1. The van der Waals surface area contributed by atoms with Crippen LogP contribution >= 0.6 is 15.9 Å². The molecule has 2 N–H and O–H groups in total. The molecule has 4 nitrogen and oxygen atoms in total. The zero-order chi connectivity index (χ0) is 13.0. The highest BCUT2D eigenvalue weighted by Crippen LogP contribution is 2.16. The lowest BCUT2D eigenvalue weighted by Crippen LogP contribution is -2.35. The topological polar surface area (TPSA) is 44.4 Å². The first-order chi connectivity index (χ1) is 8.66. The number of halogens is 1. The van der Waals surface area contributed by atoms with E-state index >= 15 is 0 Å². The molecule has 1 aliphatic heterocycles. The van der Waals surface area contributed by atoms with Gasteiger partial charge in [-0.1, -0.05) is 28.1 Å². The van der Waals surface area contributed by atoms with E-state index < -0.39 is 0 Å². The van der Waals surface area contributed by atoms with Gasteiger partial charge in [-0.3, -0.25) is 0 Å². The van der Waals surface area contributed by atoms with Gasteiger partial charge in [-0.25, -0.2) is 4.79 Å². The standard InChI is InChI=1S/C13H18BrN3O/c1-10(11-2-4-12(14)5-3-11)15-6-8-17-9-7-16-13(17)18/h2-5,10,15H,6-9H2,1H3,(H,16,18)/t10-/m0/s1. The number of rotatable bonds is 5. The van der Waals surface area contributed by atoms with E-state index in [4.69, 9.17) is 0 Å². The van der Waals surface area contributed by atoms with E-state index in [0.717, 1.165) is 30.7 Å². The molecule has 0 spiro atoms. The van der Waals surface area contributed by atoms with Gasteiger partial charge in [0.25, 0.3) is 0 Å². The minimum atomic E-state index is 0.0492. The first kappa shape index (κ1) is 13.4. The molecule has 1 aromatic rings. The summed E-state index contributed by atoms with van der Waals surface area (Å²) in [6, 6.07) is 8.63. The van der Waals surface area contributed by atoms with Crippen LogP contribution in [0.5, 0.6) is 0 Å². The largest absolute Gasteiger partial charge is 0.336 e. The van der Waals surface area contributed by atoms with Crippen molar-refractivity contribution < 1.29 is 4.79 Å². The zero-order valence-corrected chi connectivity index (χ0v) is 12.0. The predicted octanol–water partition coefficient (Wildman–Crippen LogP) is 2.12. The highest BCUT2D eigenvalue weighted by molar-refractivity contribution is 9.10. The number of hydrogen-bond donors (Lipinski definition) is 2. The lowest BCUT2D eigenvalue weighted by atomic mass is 10.1. The third kappa shape index (κ3) is 3.46. The molecule has 0 bridgehead atoms. The van der Waals surface area contributed by atoms with Crippen LogP contribution in [0.4, 0.5) is 4.79 Å². The molecule has 1 aliphatic rings. The summed E-state index contributed by atoms with van der Waals surface area (Å²) in [5.41, 5.74) is 1.25. The van der Waals surface area contributed by atoms with E-state index in [-0.39, 0.29) is 6.03 Å². The van der Waals surface area contributed by atoms with Gasteiger partial charge in [0.1, 0.15) is 0 Å². The molecule has 1 fully saturated rings. The third-order valence-electron chi connectivity index (χ3n) is 3.15. The third-order valence-corrected chi connectivity index (χ3v) is 3.68. The summed E-state index contributed by atoms with van der Waals surface area (Å²) in [5.74, 6) is 0. The fourth-order valence-electron chi connectivity index (χ4n) is 2.01. The number of urea groups is 1. The van der Waals surface area contributed by atoms with Crippen LogP contribution in [-0.2, 0) is 0 Å². The number of benzene rings is 1. The van der Waals surface area contributed by atoms with Gasteiger partial charge >= 0.3 is 6.03 Å². The molecular formula is C13H18BrN3O. The van der Waals surface area contributed by atoms with Gasteiger partial charge in [0.15, 0.2) is 0 Å². The molecule has 18 heavy (non-hydrogen) atoms. The minimum Gasteiger partial charge on any atom is -0.336 e. The number of amides is 2. The average Bonchev–Trinajstić information content (AvgIpc) is 2.76. The van der Waals surface area contributed by atoms with E-state index in [9.17, 15) is 4.79 Å². The zero-order valence-electron chi connectivity index (χ0n) is 10.4. The Bertz CT molecular complexity index is 407. The molecule has 98 valence electrons. The Hall–Kier alpha value is -1.07. The van der Waals surface area contributed by atoms with Crippen LogP contribution in [0.25, 0.3) is 0 Å². The van der Waals surface area contributed by atoms with Crippen LogP contribution in [0.2, 0.25) is 0 Å². The smallest absolute Gasteiger partial charge is 0.317 e. The van der Waals surface area contributed by atoms with Crippen LogP contribution in [0, 0.1) is 0 Å². The summed E-state index contributed by atoms with van der Waals surface area (Å²) in [7, 11) is 0. The van der Waals surface area contributed by atoms with E-state index in [0.29, 0.717) is 6.04 Å². The summed E-state index contributed by atoms with van der Waals surface area (Å²) in [6.07, 6.45) is 0. The van der Waals surface area contributed by atoms with Gasteiger partial charge in [-0.05, 0) is 24.6 Å². The van der Waals surface area contributed by atoms with Gasteiger partial charge in [0.2, 0.25) is 0 Å². The van der Waals surface area contributed by atoms with Crippen LogP contribution in [0.15, 0.2) is 28.7 Å². The fraction of sp³-hybridized carbons (Fsp3) is 0.462. The Labute approximate surface area is 116 Å². The average molecular weight is 312 g/mol. The van der Waals surface area contributed by atoms with Crippen LogP contribution in [0.1, 0.15) is 18.5 Å². The summed E-state index contributed by atoms with van der Waals surface area (Å²) in [5, 5.41) is 6.23. The molecule has 2 rings (SSSR count). The monoisotopic (exact) mass is 311 g/mol. The second-order valence-corrected chi connectivity index (χ2v) is 5.36. The van der Waals surface area contributed by atoms with E-state index in [1.54, 1.807) is 0 Å². The summed E-state index contributed by atoms with van der Waals surface area (Å²) in [6.45, 7) is 5.28. The molecule has 5 heteroatoms. The Kier molecular flexibility index (Phi) is 4.60. The summed E-state index contributed by atoms with van der Waals surface area (Å²) < 4.78 is 1.09. The van der Waals surface area contributed by atoms with Crippen molar-refractivity contribution in [1.82, 2.24) is 15.5 Å². The molecule has 0 aliphatic carbocycles. The molecule has 1 atom stereocenters. The van der Waals surface area contributed by atoms with Crippen molar-refractivity contribution in [3.63, 3.8) is 0 Å². The molecule has 0 radical (unpaired) electrons. The SMILES string of the molecule is C[C@H](NCCN1CCNC1=O)c1ccc(Br)cc1. The maximum atomic E-state index is 11.3. The van der Waals surface area contributed by atoms with Crippen LogP contribution in [0.3, 0.4) is 0 Å². The van der Waals surface area contributed by atoms with Crippen molar-refractivity contribution >= 4 is 22.0 Å². The van der Waals surface area contributed by atoms with E-state index in [1.165, 1.54) is 5.56 Å². The normalized spacial score (nSPS) is 16.8. The molecular weight excluding hydrogens is 294 g/mol. The van der Waals surface area contributed by atoms with Crippen molar-refractivity contribution in [2.24, 2.45) is 0 Å². The van der Waals surface area contributed by atoms with Crippen molar-refractivity contribution in [1.29, 1.82) is 0 Å². The van der Waals surface area contributed by atoms with Gasteiger partial charge in [0.05, 0.1) is 0 Å². The fourth-order valence-corrected chi connectivity index (χ4v) is 2.27. The Morgan fingerprint density at radius 1 is 1.44 bits per heavy atom. The quantitative estimate of drug-likeness (QED) is 0.875. The lowest BCUT2D eigenvalue weighted by molar-refractivity contribution is 0.217. The summed E-state index contributed by atoms with van der Waals surface area (Å²) in [4.78, 5) is 13.2. The van der Waals surface area contributed by atoms with Gasteiger partial charge in [0, 0.05) is 36.7 Å². The maximum absolute atomic E-state index is 11.3. The first-order valence-corrected chi connectivity index (χ1v) is 6.98. The molecule has 0 unspecified atom stereocenters. The second kappa shape index (κ2) is 6.20. The van der Waals surface area contributed by atoms with Crippen molar-refractivity contribution in [2.75, 3.05) is 26.2 Å². The molecule has 0 aromatic heterocycles. The van der Waals surface area contributed by atoms with Crippen molar-refractivity contribution in [3.05, 3.63) is 34.3 Å². The minimum absolute atomic E-state index is 0.0492. The summed E-state index contributed by atoms with van der Waals surface area (Å²) >= 11 is 3.43. The molecule has 0 saturated carbocycles. The molecule has 1 saturated heterocycles. The Balaban J connectivity index is 1.76. The van der Waals surface area contributed by atoms with Crippen molar-refractivity contribution in [3.8, 4) is 0 Å². The van der Waals surface area contributed by atoms with Gasteiger partial charge in [-0.15, -0.1) is 0 Å². The van der Waals surface area contributed by atoms with Crippen LogP contribution < -0.4 is 10.6 Å². The van der Waals surface area contributed by atoms with E-state index in [2.05, 4.69) is 45.6 Å². The van der Waals surface area contributed by atoms with E-state index in [1.807, 2.05) is 17.0 Å². The number of nitrogens with one attached hydrogen (secondary N) is 2. The van der Waals surface area contributed by atoms with Crippen LogP contribution in [-0.4, -0.2) is 37.1 Å². The molecule has 1 heterocycles. The van der Waals surface area contributed by atoms with Gasteiger partial charge < -0.3 is 15.5 Å². The molecule has 2 amide bonds. The Morgan fingerprint density at radius 3 is 2.78 bits per heavy atom. The lowest BCUT2D eigenvalue weighted by Gasteiger charge is -2.18. The number of carbonyl (C=O) groups is 1. The second-order valence-electron chi connectivity index (χ2n) is 4.45.